The molecule has 4 aromatic rings. The first-order valence-electron chi connectivity index (χ1n) is 17.7. The molecule has 2 aliphatic heterocycles. The van der Waals surface area contributed by atoms with Gasteiger partial charge in [-0.15, -0.1) is 0 Å². The number of carbonyl (C=O) groups excluding carboxylic acids is 1. The third-order valence-electron chi connectivity index (χ3n) is 10.1. The minimum absolute atomic E-state index is 0.0154. The lowest BCUT2D eigenvalue weighted by molar-refractivity contribution is -0.137. The number of β-amino-alcohol motifs (C(OH)–C–C–N with tert-alkyl or cyclic N) is 2. The topological polar surface area (TPSA) is 107 Å². The Morgan fingerprint density at radius 3 is 2.04 bits per heavy atom. The Morgan fingerprint density at radius 1 is 0.849 bits per heavy atom. The molecule has 6 rings (SSSR count). The lowest BCUT2D eigenvalue weighted by Gasteiger charge is -2.20. The summed E-state index contributed by atoms with van der Waals surface area (Å²) in [5.74, 6) is 0.489. The van der Waals surface area contributed by atoms with Crippen LogP contribution in [0.4, 0.5) is 18.9 Å². The molecule has 1 aromatic heterocycles. The number of aliphatic hydroxyl groups is 2. The fourth-order valence-electron chi connectivity index (χ4n) is 7.18. The second-order valence-corrected chi connectivity index (χ2v) is 13.8. The molecule has 9 nitrogen and oxygen atoms in total. The van der Waals surface area contributed by atoms with Gasteiger partial charge in [-0.1, -0.05) is 42.5 Å². The van der Waals surface area contributed by atoms with Crippen molar-refractivity contribution < 1.29 is 37.7 Å². The van der Waals surface area contributed by atoms with E-state index in [0.29, 0.717) is 55.3 Å². The highest BCUT2D eigenvalue weighted by atomic mass is 19.4. The van der Waals surface area contributed by atoms with E-state index in [1.54, 1.807) is 25.4 Å². The Balaban J connectivity index is 1.23. The third kappa shape index (κ3) is 8.73. The number of aliphatic hydroxyl groups excluding tert-OH is 2. The van der Waals surface area contributed by atoms with Crippen molar-refractivity contribution >= 4 is 23.7 Å². The number of ether oxygens (including phenoxy) is 2. The average Bonchev–Trinajstić information content (AvgIpc) is 3.74. The van der Waals surface area contributed by atoms with Gasteiger partial charge in [0.05, 0.1) is 32.0 Å². The molecular weight excluding hydrogens is 685 g/mol. The number of nitrogens with one attached hydrogen (secondary N) is 1. The molecule has 2 aliphatic rings. The first kappa shape index (κ1) is 38.0. The molecule has 0 saturated carbocycles. The summed E-state index contributed by atoms with van der Waals surface area (Å²) in [5.41, 5.74) is 5.38. The predicted molar refractivity (Wildman–Crippen MR) is 199 cm³/mol. The number of hydrogen-bond acceptors (Lipinski definition) is 8. The maximum absolute atomic E-state index is 14.4. The summed E-state index contributed by atoms with van der Waals surface area (Å²) >= 11 is 0. The Labute approximate surface area is 307 Å². The van der Waals surface area contributed by atoms with Crippen molar-refractivity contribution in [2.75, 3.05) is 45.7 Å². The van der Waals surface area contributed by atoms with Gasteiger partial charge in [-0.3, -0.25) is 19.6 Å². The molecule has 3 aromatic carbocycles. The van der Waals surface area contributed by atoms with Crippen LogP contribution in [-0.4, -0.2) is 83.5 Å². The molecular formula is C41H45F3N4O5. The minimum atomic E-state index is -4.59. The number of likely N-dealkylation sites (tertiary alicyclic amines) is 2. The number of benzene rings is 3. The molecule has 280 valence electrons. The van der Waals surface area contributed by atoms with Crippen molar-refractivity contribution in [1.82, 2.24) is 14.8 Å². The van der Waals surface area contributed by atoms with Crippen LogP contribution in [0.5, 0.6) is 11.5 Å². The number of nitrogens with zero attached hydrogens (tertiary/aromatic N) is 3. The second kappa shape index (κ2) is 16.1. The van der Waals surface area contributed by atoms with Gasteiger partial charge in [-0.05, 0) is 78.3 Å². The number of anilines is 1. The van der Waals surface area contributed by atoms with Crippen LogP contribution in [0.2, 0.25) is 0 Å². The van der Waals surface area contributed by atoms with E-state index >= 15 is 0 Å². The summed E-state index contributed by atoms with van der Waals surface area (Å²) in [7, 11) is 2.99. The standard InChI is InChI=1S/C41H45F3N4O5/c1-25-27(11-12-28-18-38(52-3)29(17-35(28)41(42,43)44)21-47-15-13-31(49)23-47)7-5-8-33(25)34-9-6-10-36(26(34)2)46-40(51)37-19-39(53-4)30(20-45-37)22-48-16-14-32(50)24-48/h5-12,17-20,31-32,49-50H,13-16,21-24H2,1-4H3,(H,46,51)/b12-11+/t31-,32-/m1/s1. The Hall–Kier alpha value is -4.75. The van der Waals surface area contributed by atoms with Gasteiger partial charge in [0, 0.05) is 68.3 Å². The zero-order valence-corrected chi connectivity index (χ0v) is 30.3. The van der Waals surface area contributed by atoms with Crippen LogP contribution < -0.4 is 14.8 Å². The van der Waals surface area contributed by atoms with Crippen LogP contribution in [-0.2, 0) is 19.3 Å². The number of rotatable bonds is 11. The van der Waals surface area contributed by atoms with E-state index in [1.807, 2.05) is 55.1 Å². The Kier molecular flexibility index (Phi) is 11.5. The molecule has 0 unspecified atom stereocenters. The van der Waals surface area contributed by atoms with Crippen LogP contribution in [0.15, 0.2) is 60.8 Å². The molecule has 3 heterocycles. The maximum Gasteiger partial charge on any atom is 0.417 e. The summed E-state index contributed by atoms with van der Waals surface area (Å²) in [5, 5.41) is 22.8. The number of amides is 1. The normalized spacial score (nSPS) is 18.2. The van der Waals surface area contributed by atoms with Gasteiger partial charge in [0.25, 0.3) is 5.91 Å². The molecule has 53 heavy (non-hydrogen) atoms. The quantitative estimate of drug-likeness (QED) is 0.142. The smallest absolute Gasteiger partial charge is 0.417 e. The van der Waals surface area contributed by atoms with Crippen LogP contribution in [0, 0.1) is 13.8 Å². The molecule has 2 saturated heterocycles. The molecule has 0 aliphatic carbocycles. The molecule has 0 spiro atoms. The van der Waals surface area contributed by atoms with E-state index in [4.69, 9.17) is 9.47 Å². The van der Waals surface area contributed by atoms with Crippen LogP contribution in [0.3, 0.4) is 0 Å². The Morgan fingerprint density at radius 2 is 1.43 bits per heavy atom. The summed E-state index contributed by atoms with van der Waals surface area (Å²) in [4.78, 5) is 21.8. The van der Waals surface area contributed by atoms with Crippen molar-refractivity contribution in [2.45, 2.75) is 58.2 Å². The van der Waals surface area contributed by atoms with Crippen molar-refractivity contribution in [2.24, 2.45) is 0 Å². The molecule has 0 radical (unpaired) electrons. The number of pyridine rings is 1. The monoisotopic (exact) mass is 730 g/mol. The van der Waals surface area contributed by atoms with Gasteiger partial charge in [0.2, 0.25) is 0 Å². The van der Waals surface area contributed by atoms with Crippen molar-refractivity contribution in [3.05, 3.63) is 105 Å². The summed E-state index contributed by atoms with van der Waals surface area (Å²) < 4.78 is 54.2. The molecule has 2 fully saturated rings. The molecule has 3 N–H and O–H groups in total. The zero-order chi connectivity index (χ0) is 37.9. The fraction of sp³-hybridized carbons (Fsp3) is 0.366. The lowest BCUT2D eigenvalue weighted by Crippen LogP contribution is -2.22. The first-order valence-corrected chi connectivity index (χ1v) is 17.7. The van der Waals surface area contributed by atoms with Crippen molar-refractivity contribution in [1.29, 1.82) is 0 Å². The van der Waals surface area contributed by atoms with Crippen molar-refractivity contribution in [3.8, 4) is 22.6 Å². The van der Waals surface area contributed by atoms with E-state index in [1.165, 1.54) is 19.3 Å². The SMILES string of the molecule is COc1cc(C(=O)Nc2cccc(-c3cccc(/C=C/c4cc(OC)c(CN5CC[C@@H](O)C5)cc4C(F)(F)F)c3C)c2C)ncc1CN1CC[C@@H](O)C1. The highest BCUT2D eigenvalue weighted by molar-refractivity contribution is 6.04. The highest BCUT2D eigenvalue weighted by Gasteiger charge is 2.34. The highest BCUT2D eigenvalue weighted by Crippen LogP contribution is 2.38. The van der Waals surface area contributed by atoms with Gasteiger partial charge < -0.3 is 25.0 Å². The van der Waals surface area contributed by atoms with Crippen LogP contribution in [0.25, 0.3) is 23.3 Å². The number of aromatic nitrogens is 1. The maximum atomic E-state index is 14.4. The van der Waals surface area contributed by atoms with E-state index in [9.17, 15) is 28.2 Å². The average molecular weight is 731 g/mol. The summed E-state index contributed by atoms with van der Waals surface area (Å²) in [6.45, 7) is 6.98. The molecule has 1 amide bonds. The van der Waals surface area contributed by atoms with Gasteiger partial charge in [0.1, 0.15) is 17.2 Å². The summed E-state index contributed by atoms with van der Waals surface area (Å²) in [6, 6.07) is 15.4. The minimum Gasteiger partial charge on any atom is -0.496 e. The molecule has 2 atom stereocenters. The Bertz CT molecular complexity index is 2000. The number of methoxy groups -OCH3 is 2. The number of hydrogen-bond donors (Lipinski definition) is 3. The van der Waals surface area contributed by atoms with Gasteiger partial charge >= 0.3 is 6.18 Å². The molecule has 12 heteroatoms. The van der Waals surface area contributed by atoms with Crippen LogP contribution >= 0.6 is 0 Å². The van der Waals surface area contributed by atoms with Crippen molar-refractivity contribution in [3.63, 3.8) is 0 Å². The number of alkyl halides is 3. The third-order valence-corrected chi connectivity index (χ3v) is 10.1. The lowest BCUT2D eigenvalue weighted by atomic mass is 9.92. The van der Waals surface area contributed by atoms with Crippen LogP contribution in [0.1, 0.15) is 62.3 Å². The van der Waals surface area contributed by atoms with Gasteiger partial charge in [0.15, 0.2) is 0 Å². The van der Waals surface area contributed by atoms with Gasteiger partial charge in [-0.2, -0.15) is 13.2 Å². The fourth-order valence-corrected chi connectivity index (χ4v) is 7.18. The summed E-state index contributed by atoms with van der Waals surface area (Å²) in [6.07, 6.45) is 0.651. The first-order chi connectivity index (χ1) is 25.3. The van der Waals surface area contributed by atoms with E-state index in [0.717, 1.165) is 52.4 Å². The van der Waals surface area contributed by atoms with E-state index in [-0.39, 0.29) is 23.9 Å². The van der Waals surface area contributed by atoms with E-state index in [2.05, 4.69) is 15.2 Å². The number of carbonyl (C=O) groups is 1. The number of halogens is 3. The van der Waals surface area contributed by atoms with Gasteiger partial charge in [-0.25, -0.2) is 0 Å². The second-order valence-electron chi connectivity index (χ2n) is 13.8. The predicted octanol–water partition coefficient (Wildman–Crippen LogP) is 6.96. The zero-order valence-electron chi connectivity index (χ0n) is 30.3. The molecule has 0 bridgehead atoms. The largest absolute Gasteiger partial charge is 0.496 e. The van der Waals surface area contributed by atoms with E-state index < -0.39 is 23.8 Å².